The molecule has 4 amide bonds. The molecule has 0 aliphatic carbocycles. The number of aromatic nitrogens is 2. The second kappa shape index (κ2) is 27.1. The molecule has 20 heteroatoms. The van der Waals surface area contributed by atoms with Crippen molar-refractivity contribution in [1.29, 1.82) is 0 Å². The number of primary amides is 1. The minimum absolute atomic E-state index is 0.00923. The maximum atomic E-state index is 14.3. The summed E-state index contributed by atoms with van der Waals surface area (Å²) < 4.78 is 28.3. The van der Waals surface area contributed by atoms with Crippen LogP contribution in [-0.4, -0.2) is 129 Å². The largest absolute Gasteiger partial charge is 0.469 e. The van der Waals surface area contributed by atoms with Crippen molar-refractivity contribution in [3.63, 3.8) is 0 Å². The van der Waals surface area contributed by atoms with Gasteiger partial charge in [0.1, 0.15) is 12.1 Å². The first kappa shape index (κ1) is 53.0. The van der Waals surface area contributed by atoms with Crippen LogP contribution in [0.5, 0.6) is 0 Å². The van der Waals surface area contributed by atoms with Gasteiger partial charge in [-0.1, -0.05) is 50.6 Å². The Kier molecular flexibility index (Phi) is 22.8. The number of nitrogens with two attached hydrogens (primary N) is 1. The third-order valence-corrected chi connectivity index (χ3v) is 11.6. The number of methoxy groups -OCH3 is 1. The van der Waals surface area contributed by atoms with E-state index in [1.54, 1.807) is 19.6 Å². The van der Waals surface area contributed by atoms with Gasteiger partial charge in [-0.25, -0.2) is 9.55 Å². The molecule has 0 saturated carbocycles. The Morgan fingerprint density at radius 1 is 0.952 bits per heavy atom. The summed E-state index contributed by atoms with van der Waals surface area (Å²) in [5.74, 6) is -6.66. The van der Waals surface area contributed by atoms with Gasteiger partial charge in [-0.2, -0.15) is 0 Å². The van der Waals surface area contributed by atoms with Gasteiger partial charge in [-0.3, -0.25) is 33.3 Å². The molecule has 352 valence electrons. The molecule has 0 radical (unpaired) electrons. The molecule has 1 aliphatic rings. The van der Waals surface area contributed by atoms with E-state index in [0.29, 0.717) is 44.8 Å². The first-order chi connectivity index (χ1) is 29.9. The number of carbonyl (C=O) groups is 6. The molecule has 3 rings (SSSR count). The summed E-state index contributed by atoms with van der Waals surface area (Å²) in [5, 5.41) is 15.6. The van der Waals surface area contributed by atoms with E-state index in [2.05, 4.69) is 32.3 Å². The lowest BCUT2D eigenvalue weighted by molar-refractivity contribution is -0.140. The number of hydrogen-bond acceptors (Lipinski definition) is 12. The first-order valence-electron chi connectivity index (χ1n) is 21.6. The SMILES string of the molecule is COCCOCCC(=O)N1CCC[C@H]1C(=O)N[C@@H](CC(C)C)C(=O)C[C@@H](Cc1cncn1CCCCCc1ccccc1)C(=O)N[C@@H](CO)C(=O)C[C@H](C(N)=O)[C@@H](C)OP(=O)(O)O. The predicted molar refractivity (Wildman–Crippen MR) is 230 cm³/mol. The minimum Gasteiger partial charge on any atom is -0.394 e. The summed E-state index contributed by atoms with van der Waals surface area (Å²) in [7, 11) is -3.53. The number of aryl methyl sites for hydroxylation is 2. The van der Waals surface area contributed by atoms with E-state index >= 15 is 0 Å². The Balaban J connectivity index is 1.81. The van der Waals surface area contributed by atoms with Crippen LogP contribution in [0.25, 0.3) is 0 Å². The summed E-state index contributed by atoms with van der Waals surface area (Å²) in [4.78, 5) is 105. The number of Topliss-reactive ketones (excluding diaryl/α,β-unsaturated/α-hetero) is 2. The second-order valence-corrected chi connectivity index (χ2v) is 17.7. The zero-order chi connectivity index (χ0) is 46.5. The van der Waals surface area contributed by atoms with Gasteiger partial charge in [0, 0.05) is 51.4 Å². The van der Waals surface area contributed by atoms with Crippen molar-refractivity contribution in [3.8, 4) is 0 Å². The van der Waals surface area contributed by atoms with Crippen molar-refractivity contribution in [1.82, 2.24) is 25.1 Å². The molecular weight excluding hydrogens is 839 g/mol. The lowest BCUT2D eigenvalue weighted by atomic mass is 9.89. The van der Waals surface area contributed by atoms with Crippen LogP contribution in [0.15, 0.2) is 42.9 Å². The van der Waals surface area contributed by atoms with E-state index in [9.17, 15) is 48.2 Å². The monoisotopic (exact) mass is 906 g/mol. The topological polar surface area (TPSA) is 279 Å². The number of rotatable bonds is 31. The molecule has 1 aromatic carbocycles. The van der Waals surface area contributed by atoms with Crippen LogP contribution in [0.4, 0.5) is 0 Å². The minimum atomic E-state index is -5.07. The normalized spacial score (nSPS) is 16.6. The van der Waals surface area contributed by atoms with Crippen LogP contribution >= 0.6 is 7.82 Å². The molecule has 0 bridgehead atoms. The zero-order valence-corrected chi connectivity index (χ0v) is 37.8. The van der Waals surface area contributed by atoms with Crippen molar-refractivity contribution < 1.29 is 62.2 Å². The van der Waals surface area contributed by atoms with Crippen molar-refractivity contribution >= 4 is 43.0 Å². The Morgan fingerprint density at radius 2 is 1.67 bits per heavy atom. The van der Waals surface area contributed by atoms with E-state index in [1.807, 2.05) is 36.6 Å². The number of ether oxygens (including phenoxy) is 2. The lowest BCUT2D eigenvalue weighted by Gasteiger charge is -2.28. The molecule has 2 heterocycles. The Labute approximate surface area is 369 Å². The number of likely N-dealkylation sites (tertiary alicyclic amines) is 1. The van der Waals surface area contributed by atoms with Crippen LogP contribution in [0.1, 0.15) is 89.8 Å². The highest BCUT2D eigenvalue weighted by Crippen LogP contribution is 2.39. The van der Waals surface area contributed by atoms with Crippen LogP contribution in [-0.2, 0) is 66.7 Å². The van der Waals surface area contributed by atoms with Gasteiger partial charge in [-0.05, 0) is 56.9 Å². The number of ketones is 2. The smallest absolute Gasteiger partial charge is 0.394 e. The van der Waals surface area contributed by atoms with Crippen molar-refractivity contribution in [2.24, 2.45) is 23.5 Å². The summed E-state index contributed by atoms with van der Waals surface area (Å²) in [6, 6.07) is 6.73. The molecule has 2 aromatic rings. The maximum absolute atomic E-state index is 14.3. The summed E-state index contributed by atoms with van der Waals surface area (Å²) in [5.41, 5.74) is 7.31. The number of aliphatic hydroxyl groups is 1. The number of nitrogens with one attached hydrogen (secondary N) is 2. The van der Waals surface area contributed by atoms with Crippen molar-refractivity contribution in [2.45, 2.75) is 122 Å². The van der Waals surface area contributed by atoms with Crippen LogP contribution in [0, 0.1) is 17.8 Å². The molecule has 1 aliphatic heterocycles. The molecule has 1 aromatic heterocycles. The highest BCUT2D eigenvalue weighted by atomic mass is 31.2. The van der Waals surface area contributed by atoms with Crippen molar-refractivity contribution in [3.05, 3.63) is 54.1 Å². The average Bonchev–Trinajstić information content (AvgIpc) is 3.90. The molecule has 6 atom stereocenters. The van der Waals surface area contributed by atoms with Crippen LogP contribution in [0.3, 0.4) is 0 Å². The van der Waals surface area contributed by atoms with E-state index in [0.717, 1.165) is 32.6 Å². The lowest BCUT2D eigenvalue weighted by Crippen LogP contribution is -2.52. The molecule has 7 N–H and O–H groups in total. The molecule has 1 saturated heterocycles. The number of phosphoric ester groups is 1. The predicted octanol–water partition coefficient (Wildman–Crippen LogP) is 2.02. The number of imidazole rings is 1. The first-order valence-corrected chi connectivity index (χ1v) is 23.2. The molecule has 0 spiro atoms. The quantitative estimate of drug-likeness (QED) is 0.0467. The van der Waals surface area contributed by atoms with Gasteiger partial charge in [-0.15, -0.1) is 0 Å². The standard InChI is InChI=1S/C43H67N6O13P/c1-29(2)22-35(46-43(56)37-15-11-18-49(37)40(53)16-19-61-21-20-60-4)38(51)24-32(23-33-26-45-28-48(33)17-10-6-9-14-31-12-7-5-8-13-31)42(55)47-36(27-50)39(52)25-34(41(44)54)30(3)62-63(57,58)59/h5,7-8,12-13,26,28-30,32,34-37,50H,6,9-11,14-25,27H2,1-4H3,(H2,44,54)(H,46,56)(H,47,55)(H2,57,58,59)/t30-,32-,34+,35+,36+,37+/m1/s1. The number of benzene rings is 1. The fraction of sp³-hybridized carbons (Fsp3) is 0.651. The van der Waals surface area contributed by atoms with Crippen LogP contribution < -0.4 is 16.4 Å². The number of hydrogen-bond donors (Lipinski definition) is 6. The van der Waals surface area contributed by atoms with Crippen LogP contribution in [0.2, 0.25) is 0 Å². The van der Waals surface area contributed by atoms with Gasteiger partial charge in [0.05, 0.1) is 63.2 Å². The Morgan fingerprint density at radius 3 is 2.32 bits per heavy atom. The highest BCUT2D eigenvalue weighted by Gasteiger charge is 2.38. The van der Waals surface area contributed by atoms with Crippen molar-refractivity contribution in [2.75, 3.05) is 40.1 Å². The summed E-state index contributed by atoms with van der Waals surface area (Å²) in [6.45, 7) is 5.83. The number of unbranched alkanes of at least 4 members (excludes halogenated alkanes) is 2. The molecular formula is C43H67N6O13P. The third-order valence-electron chi connectivity index (χ3n) is 11.0. The van der Waals surface area contributed by atoms with Gasteiger partial charge in [0.15, 0.2) is 11.6 Å². The highest BCUT2D eigenvalue weighted by molar-refractivity contribution is 7.46. The maximum Gasteiger partial charge on any atom is 0.469 e. The number of nitrogens with zero attached hydrogens (tertiary/aromatic N) is 3. The zero-order valence-electron chi connectivity index (χ0n) is 36.9. The second-order valence-electron chi connectivity index (χ2n) is 16.5. The fourth-order valence-corrected chi connectivity index (χ4v) is 8.19. The van der Waals surface area contributed by atoms with Gasteiger partial charge in [0.25, 0.3) is 0 Å². The molecule has 0 unspecified atom stereocenters. The van der Waals surface area contributed by atoms with E-state index in [-0.39, 0.29) is 44.1 Å². The average molecular weight is 907 g/mol. The van der Waals surface area contributed by atoms with E-state index in [1.165, 1.54) is 10.5 Å². The van der Waals surface area contributed by atoms with E-state index in [4.69, 9.17) is 15.2 Å². The number of aliphatic hydroxyl groups excluding tert-OH is 1. The molecule has 19 nitrogen and oxygen atoms in total. The van der Waals surface area contributed by atoms with E-state index < -0.39 is 86.2 Å². The number of carbonyl (C=O) groups excluding carboxylic acids is 6. The van der Waals surface area contributed by atoms with Gasteiger partial charge >= 0.3 is 7.82 Å². The third kappa shape index (κ3) is 18.7. The Bertz CT molecular complexity index is 1820. The fourth-order valence-electron chi connectivity index (χ4n) is 7.61. The van der Waals surface area contributed by atoms with Gasteiger partial charge in [0.2, 0.25) is 23.6 Å². The van der Waals surface area contributed by atoms with Gasteiger partial charge < -0.3 is 50.2 Å². The number of amides is 4. The summed E-state index contributed by atoms with van der Waals surface area (Å²) >= 11 is 0. The number of phosphoric acid groups is 1. The Hall–Kier alpha value is -4.36. The molecule has 1 fully saturated rings. The summed E-state index contributed by atoms with van der Waals surface area (Å²) in [6.07, 6.45) is 5.53. The molecule has 63 heavy (non-hydrogen) atoms.